The maximum atomic E-state index is 6.01. The lowest BCUT2D eigenvalue weighted by Crippen LogP contribution is -2.40. The molecule has 1 aromatic rings. The average Bonchev–Trinajstić information content (AvgIpc) is 2.51. The molecule has 0 aliphatic rings. The minimum atomic E-state index is 0.0583. The number of furan rings is 1. The van der Waals surface area contributed by atoms with Gasteiger partial charge in [0.2, 0.25) is 0 Å². The summed E-state index contributed by atoms with van der Waals surface area (Å²) < 4.78 is 5.66. The summed E-state index contributed by atoms with van der Waals surface area (Å²) >= 11 is 0. The van der Waals surface area contributed by atoms with Crippen LogP contribution in [0.25, 0.3) is 0 Å². The zero-order valence-electron chi connectivity index (χ0n) is 10.3. The monoisotopic (exact) mass is 210 g/mol. The van der Waals surface area contributed by atoms with Crippen LogP contribution in [0.4, 0.5) is 0 Å². The highest BCUT2D eigenvalue weighted by Crippen LogP contribution is 2.25. The summed E-state index contributed by atoms with van der Waals surface area (Å²) in [5.41, 5.74) is 6.01. The molecule has 0 amide bonds. The molecule has 0 fully saturated rings. The summed E-state index contributed by atoms with van der Waals surface area (Å²) in [4.78, 5) is 2.24. The van der Waals surface area contributed by atoms with Crippen molar-refractivity contribution in [1.82, 2.24) is 4.90 Å². The Morgan fingerprint density at radius 1 is 1.27 bits per heavy atom. The highest BCUT2D eigenvalue weighted by molar-refractivity contribution is 5.11. The molecule has 3 heteroatoms. The second-order valence-electron chi connectivity index (χ2n) is 4.51. The Kier molecular flexibility index (Phi) is 3.94. The topological polar surface area (TPSA) is 42.4 Å². The van der Waals surface area contributed by atoms with Gasteiger partial charge in [-0.1, -0.05) is 0 Å². The number of hydrogen-bond acceptors (Lipinski definition) is 3. The first kappa shape index (κ1) is 12.3. The molecule has 0 bridgehead atoms. The molecular formula is C12H22N2O. The lowest BCUT2D eigenvalue weighted by molar-refractivity contribution is 0.153. The van der Waals surface area contributed by atoms with Gasteiger partial charge in [0, 0.05) is 12.1 Å². The van der Waals surface area contributed by atoms with Gasteiger partial charge in [0.25, 0.3) is 0 Å². The molecule has 2 unspecified atom stereocenters. The minimum absolute atomic E-state index is 0.0583. The van der Waals surface area contributed by atoms with Crippen molar-refractivity contribution in [3.63, 3.8) is 0 Å². The fraction of sp³-hybridized carbons (Fsp3) is 0.667. The van der Waals surface area contributed by atoms with Crippen LogP contribution in [-0.2, 0) is 0 Å². The molecule has 1 aromatic heterocycles. The number of aryl methyl sites for hydroxylation is 1. The molecule has 0 saturated heterocycles. The van der Waals surface area contributed by atoms with Crippen molar-refractivity contribution in [3.05, 3.63) is 23.7 Å². The van der Waals surface area contributed by atoms with Crippen LogP contribution in [0, 0.1) is 6.92 Å². The van der Waals surface area contributed by atoms with E-state index in [4.69, 9.17) is 10.2 Å². The Morgan fingerprint density at radius 3 is 2.20 bits per heavy atom. The Labute approximate surface area is 92.2 Å². The Morgan fingerprint density at radius 2 is 1.87 bits per heavy atom. The summed E-state index contributed by atoms with van der Waals surface area (Å²) in [6.45, 7) is 8.29. The largest absolute Gasteiger partial charge is 0.465 e. The van der Waals surface area contributed by atoms with Crippen molar-refractivity contribution in [2.75, 3.05) is 7.05 Å². The fourth-order valence-corrected chi connectivity index (χ4v) is 1.76. The van der Waals surface area contributed by atoms with Crippen LogP contribution in [0.1, 0.15) is 38.3 Å². The number of nitrogens with two attached hydrogens (primary N) is 1. The van der Waals surface area contributed by atoms with E-state index in [0.717, 1.165) is 11.5 Å². The molecule has 0 aliphatic carbocycles. The SMILES string of the molecule is Cc1ccc(C(C(C)N)N(C)C(C)C)o1. The lowest BCUT2D eigenvalue weighted by atomic mass is 10.1. The zero-order valence-corrected chi connectivity index (χ0v) is 10.3. The third-order valence-corrected chi connectivity index (χ3v) is 2.80. The molecule has 0 aliphatic heterocycles. The third-order valence-electron chi connectivity index (χ3n) is 2.80. The average molecular weight is 210 g/mol. The van der Waals surface area contributed by atoms with Crippen molar-refractivity contribution in [3.8, 4) is 0 Å². The summed E-state index contributed by atoms with van der Waals surface area (Å²) in [5, 5.41) is 0. The molecule has 86 valence electrons. The molecular weight excluding hydrogens is 188 g/mol. The smallest absolute Gasteiger partial charge is 0.122 e. The van der Waals surface area contributed by atoms with Gasteiger partial charge in [-0.2, -0.15) is 0 Å². The molecule has 0 aromatic carbocycles. The quantitative estimate of drug-likeness (QED) is 0.829. The van der Waals surface area contributed by atoms with Gasteiger partial charge in [-0.25, -0.2) is 0 Å². The van der Waals surface area contributed by atoms with Crippen molar-refractivity contribution < 1.29 is 4.42 Å². The predicted octanol–water partition coefficient (Wildman–Crippen LogP) is 2.32. The third kappa shape index (κ3) is 2.83. The number of likely N-dealkylation sites (N-methyl/N-ethyl adjacent to an activating group) is 1. The number of rotatable bonds is 4. The van der Waals surface area contributed by atoms with Gasteiger partial charge in [-0.3, -0.25) is 4.90 Å². The van der Waals surface area contributed by atoms with E-state index in [9.17, 15) is 0 Å². The van der Waals surface area contributed by atoms with Gasteiger partial charge in [0.1, 0.15) is 11.5 Å². The molecule has 3 nitrogen and oxygen atoms in total. The van der Waals surface area contributed by atoms with Crippen molar-refractivity contribution >= 4 is 0 Å². The van der Waals surface area contributed by atoms with Gasteiger partial charge in [-0.15, -0.1) is 0 Å². The van der Waals surface area contributed by atoms with Crippen LogP contribution in [-0.4, -0.2) is 24.0 Å². The molecule has 15 heavy (non-hydrogen) atoms. The highest BCUT2D eigenvalue weighted by Gasteiger charge is 2.25. The first-order valence-electron chi connectivity index (χ1n) is 5.47. The molecule has 0 saturated carbocycles. The van der Waals surface area contributed by atoms with Gasteiger partial charge >= 0.3 is 0 Å². The molecule has 1 rings (SSSR count). The van der Waals surface area contributed by atoms with Crippen LogP contribution in [0.15, 0.2) is 16.5 Å². The lowest BCUT2D eigenvalue weighted by Gasteiger charge is -2.32. The molecule has 0 spiro atoms. The first-order valence-corrected chi connectivity index (χ1v) is 5.47. The fourth-order valence-electron chi connectivity index (χ4n) is 1.76. The summed E-state index contributed by atoms with van der Waals surface area (Å²) in [5.74, 6) is 1.89. The van der Waals surface area contributed by atoms with Crippen LogP contribution < -0.4 is 5.73 Å². The van der Waals surface area contributed by atoms with Crippen molar-refractivity contribution in [2.24, 2.45) is 5.73 Å². The van der Waals surface area contributed by atoms with E-state index in [0.29, 0.717) is 6.04 Å². The van der Waals surface area contributed by atoms with E-state index in [2.05, 4.69) is 25.8 Å². The van der Waals surface area contributed by atoms with Crippen LogP contribution >= 0.6 is 0 Å². The Bertz CT molecular complexity index is 304. The van der Waals surface area contributed by atoms with Crippen molar-refractivity contribution in [2.45, 2.75) is 45.8 Å². The normalized spacial score (nSPS) is 16.0. The summed E-state index contributed by atoms with van der Waals surface area (Å²) in [6.07, 6.45) is 0. The summed E-state index contributed by atoms with van der Waals surface area (Å²) in [6, 6.07) is 4.66. The van der Waals surface area contributed by atoms with Gasteiger partial charge in [-0.05, 0) is 46.9 Å². The van der Waals surface area contributed by atoms with Crippen LogP contribution in [0.5, 0.6) is 0 Å². The van der Waals surface area contributed by atoms with E-state index in [1.807, 2.05) is 26.0 Å². The number of nitrogens with zero attached hydrogens (tertiary/aromatic N) is 1. The first-order chi connectivity index (χ1) is 6.93. The highest BCUT2D eigenvalue weighted by atomic mass is 16.3. The summed E-state index contributed by atoms with van der Waals surface area (Å²) in [7, 11) is 2.08. The molecule has 2 N–H and O–H groups in total. The van der Waals surface area contributed by atoms with E-state index >= 15 is 0 Å². The maximum Gasteiger partial charge on any atom is 0.122 e. The Balaban J connectivity index is 2.93. The predicted molar refractivity (Wildman–Crippen MR) is 62.7 cm³/mol. The zero-order chi connectivity index (χ0) is 11.6. The minimum Gasteiger partial charge on any atom is -0.465 e. The van der Waals surface area contributed by atoms with E-state index in [1.165, 1.54) is 0 Å². The maximum absolute atomic E-state index is 6.01. The molecule has 0 radical (unpaired) electrons. The molecule has 1 heterocycles. The van der Waals surface area contributed by atoms with E-state index in [1.54, 1.807) is 0 Å². The Hall–Kier alpha value is -0.800. The standard InChI is InChI=1S/C12H22N2O/c1-8(2)14(5)12(10(4)13)11-7-6-9(3)15-11/h6-8,10,12H,13H2,1-5H3. The number of hydrogen-bond donors (Lipinski definition) is 1. The van der Waals surface area contributed by atoms with Gasteiger partial charge in [0.05, 0.1) is 6.04 Å². The van der Waals surface area contributed by atoms with Gasteiger partial charge < -0.3 is 10.2 Å². The molecule has 2 atom stereocenters. The van der Waals surface area contributed by atoms with Crippen LogP contribution in [0.2, 0.25) is 0 Å². The van der Waals surface area contributed by atoms with E-state index in [-0.39, 0.29) is 12.1 Å². The second kappa shape index (κ2) is 4.81. The van der Waals surface area contributed by atoms with E-state index < -0.39 is 0 Å². The van der Waals surface area contributed by atoms with Crippen LogP contribution in [0.3, 0.4) is 0 Å². The van der Waals surface area contributed by atoms with Crippen molar-refractivity contribution in [1.29, 1.82) is 0 Å². The van der Waals surface area contributed by atoms with Gasteiger partial charge in [0.15, 0.2) is 0 Å². The second-order valence-corrected chi connectivity index (χ2v) is 4.51.